The van der Waals surface area contributed by atoms with Crippen LogP contribution >= 0.6 is 11.6 Å². The third kappa shape index (κ3) is 6.58. The first kappa shape index (κ1) is 34.3. The Morgan fingerprint density at radius 3 is 2.71 bits per heavy atom. The van der Waals surface area contributed by atoms with Gasteiger partial charge >= 0.3 is 6.03 Å². The topological polar surface area (TPSA) is 130 Å². The molecule has 3 aliphatic heterocycles. The number of carbonyl (C=O) groups is 2. The number of amides is 3. The summed E-state index contributed by atoms with van der Waals surface area (Å²) in [5.41, 5.74) is 1.46. The van der Waals surface area contributed by atoms with E-state index >= 15 is 0 Å². The lowest BCUT2D eigenvalue weighted by Gasteiger charge is -2.46. The van der Waals surface area contributed by atoms with Gasteiger partial charge in [0, 0.05) is 30.6 Å². The van der Waals surface area contributed by atoms with Crippen LogP contribution in [0.3, 0.4) is 0 Å². The summed E-state index contributed by atoms with van der Waals surface area (Å²) in [6, 6.07) is 10.6. The minimum absolute atomic E-state index is 0.0990. The summed E-state index contributed by atoms with van der Waals surface area (Å²) < 4.78 is 40.2. The second-order valence-corrected chi connectivity index (χ2v) is 16.9. The normalized spacial score (nSPS) is 31.9. The summed E-state index contributed by atoms with van der Waals surface area (Å²) in [7, 11) is -2.14. The van der Waals surface area contributed by atoms with Crippen LogP contribution in [-0.2, 0) is 36.0 Å². The molecule has 11 nitrogen and oxygen atoms in total. The maximum Gasteiger partial charge on any atom is 0.330 e. The lowest BCUT2D eigenvalue weighted by atomic mass is 9.68. The number of nitrogens with zero attached hydrogens (tertiary/aromatic N) is 3. The Morgan fingerprint density at radius 1 is 1.16 bits per heavy atom. The summed E-state index contributed by atoms with van der Waals surface area (Å²) in [5, 5.41) is 10.5. The van der Waals surface area contributed by atoms with Gasteiger partial charge < -0.3 is 29.1 Å². The summed E-state index contributed by atoms with van der Waals surface area (Å²) in [5.74, 6) is 0.450. The van der Waals surface area contributed by atoms with Crippen molar-refractivity contribution in [1.82, 2.24) is 9.62 Å². The largest absolute Gasteiger partial charge is 0.490 e. The van der Waals surface area contributed by atoms with Crippen LogP contribution in [0.15, 0.2) is 57.8 Å². The number of aliphatic hydroxyl groups is 1. The summed E-state index contributed by atoms with van der Waals surface area (Å²) >= 11 is 6.45. The molecule has 2 bridgehead atoms. The average molecular weight is 713 g/mol. The van der Waals surface area contributed by atoms with Gasteiger partial charge in [-0.15, -0.1) is 4.36 Å². The third-order valence-corrected chi connectivity index (χ3v) is 12.9. The summed E-state index contributed by atoms with van der Waals surface area (Å²) in [6.45, 7) is 5.29. The number of aliphatic hydroxyl groups excluding tert-OH is 1. The zero-order valence-electron chi connectivity index (χ0n) is 28.2. The van der Waals surface area contributed by atoms with Crippen molar-refractivity contribution in [2.45, 2.75) is 74.1 Å². The van der Waals surface area contributed by atoms with Gasteiger partial charge in [-0.2, -0.15) is 0 Å². The highest BCUT2D eigenvalue weighted by Gasteiger charge is 2.45. The molecule has 2 aromatic rings. The van der Waals surface area contributed by atoms with Crippen molar-refractivity contribution < 1.29 is 33.1 Å². The number of anilines is 1. The van der Waals surface area contributed by atoms with Crippen molar-refractivity contribution in [1.29, 1.82) is 0 Å². The number of carbonyl (C=O) groups excluding carboxylic acids is 2. The zero-order valence-corrected chi connectivity index (χ0v) is 29.8. The summed E-state index contributed by atoms with van der Waals surface area (Å²) in [4.78, 5) is 30.8. The number of β-amino-alcohol motifs (C(OH)–C–C–N with tert-alkyl or cyclic N) is 1. The van der Waals surface area contributed by atoms with E-state index in [0.717, 1.165) is 42.8 Å². The Balaban J connectivity index is 1.35. The fourth-order valence-corrected chi connectivity index (χ4v) is 9.68. The monoisotopic (exact) mass is 712 g/mol. The van der Waals surface area contributed by atoms with Crippen molar-refractivity contribution in [3.05, 3.63) is 64.7 Å². The van der Waals surface area contributed by atoms with Crippen LogP contribution in [0, 0.1) is 11.8 Å². The van der Waals surface area contributed by atoms with Crippen LogP contribution in [0.4, 0.5) is 10.5 Å². The number of methoxy groups -OCH3 is 1. The molecule has 264 valence electrons. The first-order valence-corrected chi connectivity index (χ1v) is 19.0. The number of rotatable bonds is 2. The molecule has 13 heteroatoms. The predicted molar refractivity (Wildman–Crippen MR) is 186 cm³/mol. The van der Waals surface area contributed by atoms with Crippen LogP contribution in [0.25, 0.3) is 0 Å². The van der Waals surface area contributed by atoms with E-state index in [1.54, 1.807) is 39.2 Å². The van der Waals surface area contributed by atoms with Crippen LogP contribution < -0.4 is 14.4 Å². The first-order chi connectivity index (χ1) is 23.4. The molecule has 2 N–H and O–H groups in total. The molecule has 2 aliphatic carbocycles. The zero-order chi connectivity index (χ0) is 34.6. The Bertz CT molecular complexity index is 1790. The number of hydrogen-bond donors (Lipinski definition) is 2. The minimum atomic E-state index is -3.86. The fraction of sp³-hybridized carbons (Fsp3) is 0.556. The molecule has 49 heavy (non-hydrogen) atoms. The highest BCUT2D eigenvalue weighted by atomic mass is 35.5. The second kappa shape index (κ2) is 13.2. The maximum absolute atomic E-state index is 14.9. The Kier molecular flexibility index (Phi) is 9.23. The van der Waals surface area contributed by atoms with Crippen molar-refractivity contribution >= 4 is 39.1 Å². The molecule has 1 spiro atoms. The number of likely N-dealkylation sites (tertiary alicyclic amines) is 1. The molecule has 1 saturated carbocycles. The number of ether oxygens (including phenoxy) is 3. The van der Waals surface area contributed by atoms with Crippen molar-refractivity contribution in [2.75, 3.05) is 51.4 Å². The third-order valence-electron chi connectivity index (χ3n) is 10.9. The van der Waals surface area contributed by atoms with Gasteiger partial charge in [-0.05, 0) is 99.2 Å². The highest BCUT2D eigenvalue weighted by molar-refractivity contribution is 7.92. The van der Waals surface area contributed by atoms with Gasteiger partial charge in [-0.3, -0.25) is 4.79 Å². The van der Waals surface area contributed by atoms with E-state index in [0.29, 0.717) is 31.4 Å². The van der Waals surface area contributed by atoms with Gasteiger partial charge in [0.25, 0.3) is 5.91 Å². The van der Waals surface area contributed by atoms with E-state index in [9.17, 15) is 18.9 Å². The van der Waals surface area contributed by atoms with E-state index in [2.05, 4.69) is 26.1 Å². The SMILES string of the molecule is CO[C@H]1/C=C/COC(C)(C)C(=O)N=[S@](=O)(NC(=O)N2CC(O)C2)c2ccc3c(c2)N(C[C@@H]2CC[C@H]21)C[C@@]1(CCCc2cc(Cl)ccc21)CO3. The molecule has 2 aromatic carbocycles. The minimum Gasteiger partial charge on any atom is -0.490 e. The van der Waals surface area contributed by atoms with Gasteiger partial charge in [0.1, 0.15) is 11.4 Å². The van der Waals surface area contributed by atoms with E-state index < -0.39 is 33.6 Å². The molecule has 3 heterocycles. The second-order valence-electron chi connectivity index (χ2n) is 14.6. The molecule has 7 rings (SSSR count). The summed E-state index contributed by atoms with van der Waals surface area (Å²) in [6.07, 6.45) is 8.03. The van der Waals surface area contributed by atoms with Crippen molar-refractivity contribution in [3.8, 4) is 5.75 Å². The quantitative estimate of drug-likeness (QED) is 0.422. The lowest BCUT2D eigenvalue weighted by Crippen LogP contribution is -2.57. The number of aryl methyl sites for hydroxylation is 1. The van der Waals surface area contributed by atoms with Crippen molar-refractivity contribution in [3.63, 3.8) is 0 Å². The van der Waals surface area contributed by atoms with E-state index in [1.807, 2.05) is 18.2 Å². The molecule has 5 aliphatic rings. The predicted octanol–water partition coefficient (Wildman–Crippen LogP) is 4.87. The molecule has 0 radical (unpaired) electrons. The standard InChI is InChI=1S/C36H45ClN4O7S/c1-35(2)33(43)38-49(45,39-34(44)40-19-26(42)20-40)27-10-13-32-30(17-27)41(18-24-8-11-28(24)31(46-3)7-5-15-48-35)21-36(22-47-32)14-4-6-23-16-25(37)9-12-29(23)36/h5,7,9-10,12-13,16-17,24,26,28,31,42H,4,6,8,11,14-15,18-22H2,1-3H3,(H,38,39,43,44,45)/b7-5+/t24-,28+,31-,36-,49-/m0/s1. The Morgan fingerprint density at radius 2 is 1.98 bits per heavy atom. The van der Waals surface area contributed by atoms with Gasteiger partial charge in [-0.25, -0.2) is 13.7 Å². The number of halogens is 1. The maximum atomic E-state index is 14.9. The molecular formula is C36H45ClN4O7S. The molecular weight excluding hydrogens is 668 g/mol. The van der Waals surface area contributed by atoms with E-state index in [4.69, 9.17) is 25.8 Å². The molecule has 5 atom stereocenters. The fourth-order valence-electron chi connectivity index (χ4n) is 7.87. The van der Waals surface area contributed by atoms with Gasteiger partial charge in [0.05, 0.1) is 49.1 Å². The smallest absolute Gasteiger partial charge is 0.330 e. The molecule has 3 amide bonds. The van der Waals surface area contributed by atoms with Gasteiger partial charge in [-0.1, -0.05) is 29.8 Å². The van der Waals surface area contributed by atoms with Crippen LogP contribution in [0.5, 0.6) is 5.75 Å². The number of benzene rings is 2. The number of urea groups is 1. The number of hydrogen-bond acceptors (Lipinski definition) is 8. The molecule has 2 fully saturated rings. The van der Waals surface area contributed by atoms with Crippen LogP contribution in [0.2, 0.25) is 5.02 Å². The van der Waals surface area contributed by atoms with Crippen molar-refractivity contribution in [2.24, 2.45) is 16.2 Å². The number of fused-ring (bicyclic) bond motifs is 4. The average Bonchev–Trinajstić information content (AvgIpc) is 3.19. The Hall–Kier alpha value is -3.16. The van der Waals surface area contributed by atoms with Crippen LogP contribution in [0.1, 0.15) is 50.7 Å². The molecule has 0 unspecified atom stereocenters. The van der Waals surface area contributed by atoms with Gasteiger partial charge in [0.15, 0.2) is 9.92 Å². The van der Waals surface area contributed by atoms with E-state index in [1.165, 1.54) is 16.0 Å². The highest BCUT2D eigenvalue weighted by Crippen LogP contribution is 2.47. The van der Waals surface area contributed by atoms with Crippen LogP contribution in [-0.4, -0.2) is 90.5 Å². The van der Waals surface area contributed by atoms with E-state index in [-0.39, 0.29) is 42.0 Å². The first-order valence-electron chi connectivity index (χ1n) is 17.1. The van der Waals surface area contributed by atoms with Gasteiger partial charge in [0.2, 0.25) is 0 Å². The molecule has 0 aromatic heterocycles. The number of nitrogens with one attached hydrogen (secondary N) is 1. The molecule has 1 saturated heterocycles. The lowest BCUT2D eigenvalue weighted by molar-refractivity contribution is -0.137. The Labute approximate surface area is 293 Å².